The predicted molar refractivity (Wildman–Crippen MR) is 272 cm³/mol. The van der Waals surface area contributed by atoms with E-state index in [9.17, 15) is 0 Å². The molecule has 1 fully saturated rings. The molecule has 5 nitrogen and oxygen atoms in total. The summed E-state index contributed by atoms with van der Waals surface area (Å²) in [4.78, 5) is 8.40. The van der Waals surface area contributed by atoms with Gasteiger partial charge in [-0.15, -0.1) is 11.8 Å². The minimum absolute atomic E-state index is 0.0579. The van der Waals surface area contributed by atoms with Crippen LogP contribution in [0.1, 0.15) is 124 Å². The second kappa shape index (κ2) is 17.4. The van der Waals surface area contributed by atoms with Gasteiger partial charge in [0.05, 0.1) is 24.2 Å². The zero-order chi connectivity index (χ0) is 43.6. The van der Waals surface area contributed by atoms with Crippen LogP contribution >= 0.6 is 11.8 Å². The van der Waals surface area contributed by atoms with E-state index in [4.69, 9.17) is 0 Å². The van der Waals surface area contributed by atoms with Gasteiger partial charge in [0.1, 0.15) is 0 Å². The third-order valence-corrected chi connectivity index (χ3v) is 17.5. The third kappa shape index (κ3) is 7.39. The van der Waals surface area contributed by atoms with E-state index in [0.29, 0.717) is 28.9 Å². The van der Waals surface area contributed by atoms with E-state index in [1.807, 2.05) is 0 Å². The van der Waals surface area contributed by atoms with Gasteiger partial charge >= 0.3 is 0 Å². The number of H-pyrrole nitrogens is 1. The summed E-state index contributed by atoms with van der Waals surface area (Å²) in [6, 6.07) is 21.1. The highest BCUT2D eigenvalue weighted by Crippen LogP contribution is 2.60. The molecule has 13 rings (SSSR count). The lowest BCUT2D eigenvalue weighted by molar-refractivity contribution is 0.183. The number of nitrogens with zero attached hydrogens (tertiary/aromatic N) is 1. The van der Waals surface area contributed by atoms with Gasteiger partial charge in [-0.2, -0.15) is 0 Å². The van der Waals surface area contributed by atoms with Gasteiger partial charge in [0.25, 0.3) is 0 Å². The van der Waals surface area contributed by atoms with E-state index in [-0.39, 0.29) is 24.4 Å². The SMILES string of the molecule is C1#CC(C2CC(c3ccccc3)=CC(c3cc(C4NC(C5=CCCCC5)NC(C5C=CC=CC5)N4)c(-c4ccc5c(c4)C4C6=C(C=CC4S5)C4CCC=C4N6C4=CC=CCC4)[nH]3)C2)=CCC1. The van der Waals surface area contributed by atoms with Crippen molar-refractivity contribution in [3.63, 3.8) is 0 Å². The third-order valence-electron chi connectivity index (χ3n) is 16.2. The molecule has 9 unspecified atom stereocenters. The molecule has 1 aromatic heterocycles. The summed E-state index contributed by atoms with van der Waals surface area (Å²) < 4.78 is 0. The molecule has 9 atom stereocenters. The molecule has 3 aliphatic heterocycles. The van der Waals surface area contributed by atoms with E-state index >= 15 is 0 Å². The summed E-state index contributed by atoms with van der Waals surface area (Å²) in [6.07, 6.45) is 46.0. The molecule has 4 heterocycles. The molecule has 10 aliphatic rings. The summed E-state index contributed by atoms with van der Waals surface area (Å²) in [5, 5.41) is 12.8. The molecule has 1 saturated heterocycles. The molecule has 0 spiro atoms. The lowest BCUT2D eigenvalue weighted by atomic mass is 9.75. The van der Waals surface area contributed by atoms with Gasteiger partial charge in [0, 0.05) is 74.2 Å². The van der Waals surface area contributed by atoms with Gasteiger partial charge < -0.3 is 9.88 Å². The maximum atomic E-state index is 4.24. The fraction of sp³-hybridized carbons (Fsp3) is 0.367. The Hall–Kier alpha value is -5.29. The quantitative estimate of drug-likeness (QED) is 0.134. The highest BCUT2D eigenvalue weighted by Gasteiger charge is 2.48. The molecular formula is C60H61N5S. The Morgan fingerprint density at radius 2 is 1.74 bits per heavy atom. The van der Waals surface area contributed by atoms with Gasteiger partial charge in [-0.3, -0.25) is 16.0 Å². The molecule has 2 aromatic carbocycles. The van der Waals surface area contributed by atoms with Crippen molar-refractivity contribution in [1.29, 1.82) is 0 Å². The van der Waals surface area contributed by atoms with E-state index in [2.05, 4.69) is 183 Å². The molecule has 3 aromatic rings. The van der Waals surface area contributed by atoms with Crippen LogP contribution in [0.5, 0.6) is 0 Å². The first kappa shape index (κ1) is 40.9. The van der Waals surface area contributed by atoms with Crippen molar-refractivity contribution >= 4 is 17.3 Å². The highest BCUT2D eigenvalue weighted by atomic mass is 32.2. The van der Waals surface area contributed by atoms with Crippen molar-refractivity contribution in [2.45, 2.75) is 124 Å². The van der Waals surface area contributed by atoms with E-state index in [1.165, 1.54) is 92.3 Å². The zero-order valence-corrected chi connectivity index (χ0v) is 38.8. The Morgan fingerprint density at radius 3 is 2.59 bits per heavy atom. The Bertz CT molecular complexity index is 2830. The summed E-state index contributed by atoms with van der Waals surface area (Å²) in [5.41, 5.74) is 18.3. The fourth-order valence-corrected chi connectivity index (χ4v) is 14.3. The number of allylic oxidation sites excluding steroid dienone is 16. The Kier molecular flexibility index (Phi) is 10.8. The van der Waals surface area contributed by atoms with E-state index in [1.54, 1.807) is 11.3 Å². The number of nitrogens with one attached hydrogen (secondary N) is 4. The van der Waals surface area contributed by atoms with E-state index in [0.717, 1.165) is 57.8 Å². The van der Waals surface area contributed by atoms with Crippen LogP contribution in [0.15, 0.2) is 172 Å². The van der Waals surface area contributed by atoms with Crippen LogP contribution in [0.4, 0.5) is 0 Å². The Morgan fingerprint density at radius 1 is 0.788 bits per heavy atom. The van der Waals surface area contributed by atoms with Crippen molar-refractivity contribution in [3.8, 4) is 23.1 Å². The molecule has 6 heteroatoms. The number of benzene rings is 2. The smallest absolute Gasteiger partial charge is 0.0883 e. The Balaban J connectivity index is 0.937. The maximum absolute atomic E-state index is 4.24. The van der Waals surface area contributed by atoms with Crippen LogP contribution in [0, 0.1) is 29.6 Å². The second-order valence-corrected chi connectivity index (χ2v) is 21.4. The minimum atomic E-state index is -0.0579. The van der Waals surface area contributed by atoms with Crippen LogP contribution in [0.2, 0.25) is 0 Å². The van der Waals surface area contributed by atoms with Gasteiger partial charge in [0.2, 0.25) is 0 Å². The maximum Gasteiger partial charge on any atom is 0.0883 e. The van der Waals surface area contributed by atoms with Crippen molar-refractivity contribution in [2.75, 3.05) is 0 Å². The number of rotatable bonds is 8. The molecular weight excluding hydrogens is 823 g/mol. The molecule has 66 heavy (non-hydrogen) atoms. The summed E-state index contributed by atoms with van der Waals surface area (Å²) >= 11 is 2.07. The molecule has 332 valence electrons. The van der Waals surface area contributed by atoms with Crippen LogP contribution in [0.3, 0.4) is 0 Å². The first-order valence-electron chi connectivity index (χ1n) is 25.3. The van der Waals surface area contributed by atoms with Crippen LogP contribution in [-0.4, -0.2) is 27.5 Å². The molecule has 0 saturated carbocycles. The largest absolute Gasteiger partial charge is 0.358 e. The highest BCUT2D eigenvalue weighted by molar-refractivity contribution is 8.00. The van der Waals surface area contributed by atoms with Crippen molar-refractivity contribution in [2.24, 2.45) is 17.8 Å². The van der Waals surface area contributed by atoms with Crippen molar-refractivity contribution in [3.05, 3.63) is 190 Å². The molecule has 0 radical (unpaired) electrons. The van der Waals surface area contributed by atoms with Crippen LogP contribution in [-0.2, 0) is 0 Å². The summed E-state index contributed by atoms with van der Waals surface area (Å²) in [6.45, 7) is 0. The number of aromatic nitrogens is 1. The average Bonchev–Trinajstić information content (AvgIpc) is 4.20. The molecule has 4 N–H and O–H groups in total. The van der Waals surface area contributed by atoms with Gasteiger partial charge in [0.15, 0.2) is 0 Å². The molecule has 7 aliphatic carbocycles. The number of thioether (sulfide) groups is 1. The number of hydrogen-bond acceptors (Lipinski definition) is 5. The van der Waals surface area contributed by atoms with Crippen LogP contribution < -0.4 is 16.0 Å². The van der Waals surface area contributed by atoms with Crippen molar-refractivity contribution < 1.29 is 0 Å². The second-order valence-electron chi connectivity index (χ2n) is 20.2. The summed E-state index contributed by atoms with van der Waals surface area (Å²) in [5.74, 6) is 8.87. The topological polar surface area (TPSA) is 55.1 Å². The number of aromatic amines is 1. The number of fused-ring (bicyclic) bond motifs is 6. The standard InChI is InChI=1S/C60H61N5S/c1-6-17-38(18-7-1)43-33-44(39-19-8-2-9-20-39)35-45(34-43)51-37-50(60-63-58(40-21-10-3-11-22-40)62-59(64-60)41-23-12-4-13-24-41)56(61-51)42-29-31-53-49(36-42)55-54(66-53)32-30-48-47-27-16-28-52(47)65(57(48)55)46-25-14-5-15-26-46/h1,3,5-7,10-11,14,17-19,21,23,25,28-32,34,36-37,40,44-45,47,54-55,58-64H,2,4,8,12-13,15-16,22,24,26-27,33,35H2. The molecule has 0 bridgehead atoms. The molecule has 0 amide bonds. The summed E-state index contributed by atoms with van der Waals surface area (Å²) in [7, 11) is 0. The van der Waals surface area contributed by atoms with Crippen LogP contribution in [0.25, 0.3) is 16.8 Å². The first-order valence-corrected chi connectivity index (χ1v) is 26.2. The average molecular weight is 884 g/mol. The lowest BCUT2D eigenvalue weighted by Gasteiger charge is -2.43. The Labute approximate surface area is 395 Å². The fourth-order valence-electron chi connectivity index (χ4n) is 13.0. The predicted octanol–water partition coefficient (Wildman–Crippen LogP) is 13.3. The number of hydrogen-bond donors (Lipinski definition) is 4. The normalized spacial score (nSPS) is 31.8. The van der Waals surface area contributed by atoms with E-state index < -0.39 is 0 Å². The van der Waals surface area contributed by atoms with Gasteiger partial charge in [-0.25, -0.2) is 0 Å². The van der Waals surface area contributed by atoms with Gasteiger partial charge in [-0.1, -0.05) is 121 Å². The first-order chi connectivity index (χ1) is 32.7. The van der Waals surface area contributed by atoms with Gasteiger partial charge in [-0.05, 0) is 141 Å². The van der Waals surface area contributed by atoms with Crippen molar-refractivity contribution in [1.82, 2.24) is 25.8 Å². The zero-order valence-electron chi connectivity index (χ0n) is 37.9. The monoisotopic (exact) mass is 883 g/mol. The minimum Gasteiger partial charge on any atom is -0.358 e. The lowest BCUT2D eigenvalue weighted by Crippen LogP contribution is -2.65.